The Labute approximate surface area is 79.4 Å². The fraction of sp³-hybridized carbons (Fsp3) is 0.900. The fourth-order valence-electron chi connectivity index (χ4n) is 1.79. The lowest BCUT2D eigenvalue weighted by atomic mass is 9.92. The van der Waals surface area contributed by atoms with Gasteiger partial charge in [-0.05, 0) is 20.8 Å². The van der Waals surface area contributed by atoms with E-state index in [4.69, 9.17) is 9.47 Å². The van der Waals surface area contributed by atoms with Crippen LogP contribution in [0.2, 0.25) is 0 Å². The van der Waals surface area contributed by atoms with E-state index in [-0.39, 0.29) is 12.2 Å². The molecular formula is C10H18O3. The van der Waals surface area contributed by atoms with E-state index < -0.39 is 5.60 Å². The van der Waals surface area contributed by atoms with Crippen LogP contribution < -0.4 is 0 Å². The van der Waals surface area contributed by atoms with Crippen molar-refractivity contribution in [2.24, 2.45) is 0 Å². The topological polar surface area (TPSA) is 35.5 Å². The second kappa shape index (κ2) is 4.20. The van der Waals surface area contributed by atoms with Crippen LogP contribution in [0.15, 0.2) is 0 Å². The third-order valence-electron chi connectivity index (χ3n) is 2.25. The molecule has 1 rings (SSSR count). The van der Waals surface area contributed by atoms with Gasteiger partial charge in [0.25, 0.3) is 0 Å². The molecule has 0 aliphatic carbocycles. The Balaban J connectivity index is 2.61. The van der Waals surface area contributed by atoms with E-state index in [0.29, 0.717) is 19.4 Å². The predicted octanol–water partition coefficient (Wildman–Crippen LogP) is 1.55. The summed E-state index contributed by atoms with van der Waals surface area (Å²) >= 11 is 0. The number of carbonyl (C=O) groups excluding carboxylic acids is 1. The molecule has 76 valence electrons. The van der Waals surface area contributed by atoms with Crippen LogP contribution in [0.25, 0.3) is 0 Å². The minimum atomic E-state index is -0.591. The van der Waals surface area contributed by atoms with Gasteiger partial charge in [-0.25, -0.2) is 0 Å². The van der Waals surface area contributed by atoms with Gasteiger partial charge in [-0.1, -0.05) is 0 Å². The molecule has 0 bridgehead atoms. The smallest absolute Gasteiger partial charge is 0.152 e. The van der Waals surface area contributed by atoms with Gasteiger partial charge in [0.05, 0.1) is 18.8 Å². The Bertz CT molecular complexity index is 175. The van der Waals surface area contributed by atoms with Crippen molar-refractivity contribution in [3.63, 3.8) is 0 Å². The van der Waals surface area contributed by atoms with Gasteiger partial charge < -0.3 is 14.3 Å². The maximum atomic E-state index is 11.0. The maximum absolute atomic E-state index is 11.0. The Hall–Kier alpha value is -0.410. The molecule has 3 nitrogen and oxygen atoms in total. The number of hydrogen-bond acceptors (Lipinski definition) is 3. The molecule has 1 aliphatic rings. The van der Waals surface area contributed by atoms with Gasteiger partial charge in [0.1, 0.15) is 5.60 Å². The van der Waals surface area contributed by atoms with Crippen LogP contribution in [-0.2, 0) is 14.3 Å². The minimum Gasteiger partial charge on any atom is -0.378 e. The minimum absolute atomic E-state index is 0.0931. The summed E-state index contributed by atoms with van der Waals surface area (Å²) in [4.78, 5) is 11.0. The Morgan fingerprint density at radius 2 is 2.31 bits per heavy atom. The van der Waals surface area contributed by atoms with Crippen molar-refractivity contribution < 1.29 is 14.3 Å². The van der Waals surface area contributed by atoms with Crippen molar-refractivity contribution in [1.82, 2.24) is 0 Å². The molecule has 1 saturated heterocycles. The fourth-order valence-corrected chi connectivity index (χ4v) is 1.79. The third-order valence-corrected chi connectivity index (χ3v) is 2.25. The van der Waals surface area contributed by atoms with Crippen molar-refractivity contribution in [2.75, 3.05) is 6.61 Å². The molecule has 0 spiro atoms. The first kappa shape index (κ1) is 10.7. The Morgan fingerprint density at radius 3 is 2.77 bits per heavy atom. The summed E-state index contributed by atoms with van der Waals surface area (Å²) in [6.07, 6.45) is 2.51. The number of rotatable bonds is 3. The van der Waals surface area contributed by atoms with Crippen LogP contribution in [-0.4, -0.2) is 30.7 Å². The van der Waals surface area contributed by atoms with E-state index in [0.717, 1.165) is 6.29 Å². The van der Waals surface area contributed by atoms with Gasteiger partial charge >= 0.3 is 0 Å². The quantitative estimate of drug-likeness (QED) is 0.627. The van der Waals surface area contributed by atoms with Gasteiger partial charge in [-0.2, -0.15) is 0 Å². The molecule has 13 heavy (non-hydrogen) atoms. The van der Waals surface area contributed by atoms with E-state index in [1.165, 1.54) is 0 Å². The third kappa shape index (κ3) is 2.78. The highest BCUT2D eigenvalue weighted by molar-refractivity contribution is 5.62. The van der Waals surface area contributed by atoms with Crippen molar-refractivity contribution in [3.05, 3.63) is 0 Å². The summed E-state index contributed by atoms with van der Waals surface area (Å²) in [6.45, 7) is 6.49. The number of carbonyl (C=O) groups is 1. The number of aldehydes is 1. The summed E-state index contributed by atoms with van der Waals surface area (Å²) in [7, 11) is 0. The summed E-state index contributed by atoms with van der Waals surface area (Å²) in [5.74, 6) is 0. The summed E-state index contributed by atoms with van der Waals surface area (Å²) in [6, 6.07) is 0. The van der Waals surface area contributed by atoms with Gasteiger partial charge in [-0.15, -0.1) is 0 Å². The maximum Gasteiger partial charge on any atom is 0.152 e. The molecule has 0 aromatic carbocycles. The standard InChI is InChI=1S/C10H18O3/c1-8(2)13-10(7-11)4-5-12-9(3)6-10/h7-9H,4-6H2,1-3H3. The largest absolute Gasteiger partial charge is 0.378 e. The zero-order valence-corrected chi connectivity index (χ0v) is 8.58. The molecule has 0 radical (unpaired) electrons. The molecule has 0 saturated carbocycles. The van der Waals surface area contributed by atoms with E-state index in [9.17, 15) is 4.79 Å². The Kier molecular flexibility index (Phi) is 3.45. The number of hydrogen-bond donors (Lipinski definition) is 0. The average molecular weight is 186 g/mol. The molecule has 3 heteroatoms. The molecule has 1 heterocycles. The molecular weight excluding hydrogens is 168 g/mol. The summed E-state index contributed by atoms with van der Waals surface area (Å²) in [5.41, 5.74) is -0.591. The first-order valence-electron chi connectivity index (χ1n) is 4.84. The monoisotopic (exact) mass is 186 g/mol. The first-order valence-corrected chi connectivity index (χ1v) is 4.84. The highest BCUT2D eigenvalue weighted by atomic mass is 16.5. The van der Waals surface area contributed by atoms with Crippen LogP contribution in [0, 0.1) is 0 Å². The van der Waals surface area contributed by atoms with Gasteiger partial charge in [0, 0.05) is 12.8 Å². The van der Waals surface area contributed by atoms with Gasteiger partial charge in [0.2, 0.25) is 0 Å². The van der Waals surface area contributed by atoms with E-state index >= 15 is 0 Å². The van der Waals surface area contributed by atoms with E-state index in [2.05, 4.69) is 0 Å². The molecule has 0 amide bonds. The van der Waals surface area contributed by atoms with Crippen molar-refractivity contribution in [3.8, 4) is 0 Å². The normalized spacial score (nSPS) is 34.9. The lowest BCUT2D eigenvalue weighted by Crippen LogP contribution is -2.45. The summed E-state index contributed by atoms with van der Waals surface area (Å²) in [5, 5.41) is 0. The molecule has 2 unspecified atom stereocenters. The van der Waals surface area contributed by atoms with Crippen LogP contribution in [0.3, 0.4) is 0 Å². The lowest BCUT2D eigenvalue weighted by Gasteiger charge is -2.36. The second-order valence-corrected chi connectivity index (χ2v) is 3.98. The van der Waals surface area contributed by atoms with Crippen LogP contribution in [0.4, 0.5) is 0 Å². The first-order chi connectivity index (χ1) is 6.08. The van der Waals surface area contributed by atoms with Crippen LogP contribution in [0.5, 0.6) is 0 Å². The molecule has 0 aromatic heterocycles. The zero-order valence-electron chi connectivity index (χ0n) is 8.58. The van der Waals surface area contributed by atoms with E-state index in [1.807, 2.05) is 20.8 Å². The Morgan fingerprint density at radius 1 is 1.62 bits per heavy atom. The van der Waals surface area contributed by atoms with Crippen molar-refractivity contribution >= 4 is 6.29 Å². The van der Waals surface area contributed by atoms with Crippen LogP contribution >= 0.6 is 0 Å². The SMILES string of the molecule is CC(C)OC1(C=O)CCOC(C)C1. The molecule has 2 atom stereocenters. The van der Waals surface area contributed by atoms with Gasteiger partial charge in [0.15, 0.2) is 6.29 Å². The highest BCUT2D eigenvalue weighted by Gasteiger charge is 2.37. The molecule has 0 aromatic rings. The molecule has 1 fully saturated rings. The zero-order chi connectivity index (χ0) is 9.90. The lowest BCUT2D eigenvalue weighted by molar-refractivity contribution is -0.163. The summed E-state index contributed by atoms with van der Waals surface area (Å²) < 4.78 is 11.0. The van der Waals surface area contributed by atoms with Crippen molar-refractivity contribution in [1.29, 1.82) is 0 Å². The second-order valence-electron chi connectivity index (χ2n) is 3.98. The number of ether oxygens (including phenoxy) is 2. The van der Waals surface area contributed by atoms with Crippen LogP contribution in [0.1, 0.15) is 33.6 Å². The average Bonchev–Trinajstić information content (AvgIpc) is 2.03. The van der Waals surface area contributed by atoms with Gasteiger partial charge in [-0.3, -0.25) is 0 Å². The van der Waals surface area contributed by atoms with Crippen molar-refractivity contribution in [2.45, 2.75) is 51.4 Å². The predicted molar refractivity (Wildman–Crippen MR) is 49.7 cm³/mol. The molecule has 0 N–H and O–H groups in total. The van der Waals surface area contributed by atoms with E-state index in [1.54, 1.807) is 0 Å². The molecule has 1 aliphatic heterocycles. The highest BCUT2D eigenvalue weighted by Crippen LogP contribution is 2.27.